The number of hydrogen-bond donors (Lipinski definition) is 1. The molecule has 0 unspecified atom stereocenters. The second-order valence-electron chi connectivity index (χ2n) is 7.51. The Bertz CT molecular complexity index is 1840. The number of nitriles is 1. The van der Waals surface area contributed by atoms with Crippen LogP contribution in [0.25, 0.3) is 22.2 Å². The highest BCUT2D eigenvalue weighted by molar-refractivity contribution is 7.90. The molecule has 3 N–H and O–H groups in total. The molecule has 0 radical (unpaired) electrons. The molecular formula is C22H18N8O4S. The van der Waals surface area contributed by atoms with Crippen LogP contribution in [-0.4, -0.2) is 44.5 Å². The van der Waals surface area contributed by atoms with Crippen molar-refractivity contribution in [2.75, 3.05) is 6.26 Å². The number of aromatic nitrogens is 5. The molecule has 0 bridgehead atoms. The van der Waals surface area contributed by atoms with Gasteiger partial charge in [0.2, 0.25) is 0 Å². The van der Waals surface area contributed by atoms with Crippen molar-refractivity contribution in [3.8, 4) is 11.8 Å². The van der Waals surface area contributed by atoms with E-state index >= 15 is 0 Å². The molecule has 12 nitrogen and oxygen atoms in total. The average Bonchev–Trinajstić information content (AvgIpc) is 3.37. The summed E-state index contributed by atoms with van der Waals surface area (Å²) in [5.74, 6) is 0.0421. The molecule has 0 amide bonds. The maximum Gasteiger partial charge on any atom is 0.259 e. The van der Waals surface area contributed by atoms with Crippen LogP contribution in [0.3, 0.4) is 0 Å². The fourth-order valence-corrected chi connectivity index (χ4v) is 4.55. The van der Waals surface area contributed by atoms with Gasteiger partial charge in [-0.05, 0) is 31.2 Å². The molecule has 5 rings (SSSR count). The Hall–Kier alpha value is -4.67. The summed E-state index contributed by atoms with van der Waals surface area (Å²) >= 11 is 0. The minimum Gasteiger partial charge on any atom is -0.412 e. The van der Waals surface area contributed by atoms with Crippen molar-refractivity contribution in [3.63, 3.8) is 0 Å². The second-order valence-corrected chi connectivity index (χ2v) is 9.50. The highest BCUT2D eigenvalue weighted by Crippen LogP contribution is 2.31. The Morgan fingerprint density at radius 2 is 1.80 bits per heavy atom. The summed E-state index contributed by atoms with van der Waals surface area (Å²) in [6.07, 6.45) is 2.37. The largest absolute Gasteiger partial charge is 0.412 e. The van der Waals surface area contributed by atoms with Gasteiger partial charge in [-0.25, -0.2) is 17.6 Å². The fourth-order valence-electron chi connectivity index (χ4n) is 3.69. The summed E-state index contributed by atoms with van der Waals surface area (Å²) in [6.45, 7) is 1.72. The maximum absolute atomic E-state index is 12.6. The fraction of sp³-hybridized carbons (Fsp3) is 0.0909. The van der Waals surface area contributed by atoms with E-state index in [2.05, 4.69) is 25.4 Å². The number of benzene rings is 2. The van der Waals surface area contributed by atoms with Crippen LogP contribution in [-0.2, 0) is 9.84 Å². The first kappa shape index (κ1) is 23.5. The summed E-state index contributed by atoms with van der Waals surface area (Å²) in [5.41, 5.74) is 1.77. The molecule has 0 fully saturated rings. The summed E-state index contributed by atoms with van der Waals surface area (Å²) in [5, 5.41) is 27.2. The van der Waals surface area contributed by atoms with Gasteiger partial charge in [0.1, 0.15) is 11.6 Å². The Morgan fingerprint density at radius 3 is 2.54 bits per heavy atom. The first-order valence-electron chi connectivity index (χ1n) is 9.99. The molecule has 0 spiro atoms. The molecule has 3 aromatic heterocycles. The maximum atomic E-state index is 12.6. The van der Waals surface area contributed by atoms with Crippen LogP contribution in [0.1, 0.15) is 11.3 Å². The van der Waals surface area contributed by atoms with Crippen LogP contribution in [0, 0.1) is 18.3 Å². The van der Waals surface area contributed by atoms with Crippen LogP contribution in [0.4, 0.5) is 11.5 Å². The van der Waals surface area contributed by atoms with Gasteiger partial charge in [0.15, 0.2) is 27.0 Å². The van der Waals surface area contributed by atoms with Crippen LogP contribution in [0.5, 0.6) is 0 Å². The van der Waals surface area contributed by atoms with Crippen LogP contribution in [0.2, 0.25) is 0 Å². The molecule has 0 aliphatic carbocycles. The van der Waals surface area contributed by atoms with Gasteiger partial charge in [0.25, 0.3) is 5.56 Å². The lowest BCUT2D eigenvalue weighted by Crippen LogP contribution is -2.09. The number of aryl methyl sites for hydroxylation is 1. The quantitative estimate of drug-likeness (QED) is 0.377. The Balaban J connectivity index is 0.00000289. The van der Waals surface area contributed by atoms with Crippen LogP contribution < -0.4 is 5.56 Å². The van der Waals surface area contributed by atoms with Gasteiger partial charge in [-0.2, -0.15) is 15.5 Å². The number of nitrogens with one attached hydrogen (secondary N) is 1. The SMILES string of the molecule is Cc1nn2c([nH]c(=O)c3ccccc32)c1N=Nc1c(C#N)cnn1-c1ccccc1S(C)(=O)=O.O. The smallest absolute Gasteiger partial charge is 0.259 e. The molecule has 35 heavy (non-hydrogen) atoms. The standard InChI is InChI=1S/C22H16N8O3S.H2O/c1-13-19(21-25-22(31)15-7-3-4-8-16(15)30(21)28-13)26-27-20-14(11-23)12-24-29(20)17-9-5-6-10-18(17)34(2,32)33;/h3-10,12H,1-2H3,(H,25,31);1H2. The first-order chi connectivity index (χ1) is 16.3. The molecule has 0 aliphatic heterocycles. The molecule has 2 aromatic carbocycles. The molecule has 0 atom stereocenters. The lowest BCUT2D eigenvalue weighted by molar-refractivity contribution is 0.601. The summed E-state index contributed by atoms with van der Waals surface area (Å²) < 4.78 is 27.4. The topological polar surface area (TPSA) is 182 Å². The Labute approximate surface area is 198 Å². The molecular weight excluding hydrogens is 472 g/mol. The molecule has 13 heteroatoms. The first-order valence-corrected chi connectivity index (χ1v) is 11.9. The number of fused-ring (bicyclic) bond motifs is 3. The van der Waals surface area contributed by atoms with Crippen LogP contribution in [0.15, 0.2) is 74.6 Å². The van der Waals surface area contributed by atoms with E-state index in [1.165, 1.54) is 16.9 Å². The molecule has 0 saturated carbocycles. The number of H-pyrrole nitrogens is 1. The van der Waals surface area contributed by atoms with E-state index < -0.39 is 9.84 Å². The van der Waals surface area contributed by atoms with Crippen molar-refractivity contribution in [1.82, 2.24) is 24.4 Å². The van der Waals surface area contributed by atoms with E-state index in [0.29, 0.717) is 27.9 Å². The van der Waals surface area contributed by atoms with Gasteiger partial charge >= 0.3 is 0 Å². The minimum absolute atomic E-state index is 0. The predicted octanol–water partition coefficient (Wildman–Crippen LogP) is 2.54. The van der Waals surface area contributed by atoms with Crippen molar-refractivity contribution in [1.29, 1.82) is 5.26 Å². The zero-order chi connectivity index (χ0) is 24.0. The number of nitrogens with zero attached hydrogens (tertiary/aromatic N) is 7. The lowest BCUT2D eigenvalue weighted by atomic mass is 10.2. The highest BCUT2D eigenvalue weighted by atomic mass is 32.2. The highest BCUT2D eigenvalue weighted by Gasteiger charge is 2.20. The third-order valence-corrected chi connectivity index (χ3v) is 6.38. The second kappa shape index (κ2) is 8.60. The molecule has 176 valence electrons. The van der Waals surface area contributed by atoms with Gasteiger partial charge in [0, 0.05) is 6.26 Å². The van der Waals surface area contributed by atoms with Gasteiger partial charge in [-0.15, -0.1) is 10.2 Å². The Kier molecular flexibility index (Phi) is 5.77. The van der Waals surface area contributed by atoms with E-state index in [0.717, 1.165) is 6.26 Å². The van der Waals surface area contributed by atoms with E-state index in [1.54, 1.807) is 53.9 Å². The van der Waals surface area contributed by atoms with Gasteiger partial charge in [-0.3, -0.25) is 4.79 Å². The zero-order valence-corrected chi connectivity index (χ0v) is 19.3. The van der Waals surface area contributed by atoms with Gasteiger partial charge in [-0.1, -0.05) is 24.3 Å². The van der Waals surface area contributed by atoms with Crippen molar-refractivity contribution in [2.24, 2.45) is 10.2 Å². The molecule has 0 saturated heterocycles. The third kappa shape index (κ3) is 3.86. The van der Waals surface area contributed by atoms with Gasteiger partial charge in [0.05, 0.1) is 33.4 Å². The number of rotatable bonds is 4. The predicted molar refractivity (Wildman–Crippen MR) is 127 cm³/mol. The number of azo groups is 1. The molecule has 5 aromatic rings. The number of sulfone groups is 1. The average molecular weight is 491 g/mol. The van der Waals surface area contributed by atoms with Crippen LogP contribution >= 0.6 is 0 Å². The molecule has 3 heterocycles. The van der Waals surface area contributed by atoms with Crippen molar-refractivity contribution in [3.05, 3.63) is 76.3 Å². The van der Waals surface area contributed by atoms with Crippen molar-refractivity contribution < 1.29 is 13.9 Å². The van der Waals surface area contributed by atoms with Crippen molar-refractivity contribution >= 4 is 37.9 Å². The number of para-hydroxylation sites is 2. The van der Waals surface area contributed by atoms with E-state index in [4.69, 9.17) is 0 Å². The summed E-state index contributed by atoms with van der Waals surface area (Å²) in [6, 6.07) is 15.3. The minimum atomic E-state index is -3.58. The third-order valence-electron chi connectivity index (χ3n) is 5.24. The normalized spacial score (nSPS) is 11.7. The zero-order valence-electron chi connectivity index (χ0n) is 18.5. The number of hydrogen-bond acceptors (Lipinski definition) is 8. The Morgan fingerprint density at radius 1 is 1.09 bits per heavy atom. The van der Waals surface area contributed by atoms with E-state index in [-0.39, 0.29) is 33.0 Å². The molecule has 0 aliphatic rings. The van der Waals surface area contributed by atoms with E-state index in [1.807, 2.05) is 6.07 Å². The van der Waals surface area contributed by atoms with E-state index in [9.17, 15) is 18.5 Å². The monoisotopic (exact) mass is 490 g/mol. The van der Waals surface area contributed by atoms with Gasteiger partial charge < -0.3 is 10.5 Å². The van der Waals surface area contributed by atoms with Crippen molar-refractivity contribution in [2.45, 2.75) is 11.8 Å². The number of aromatic amines is 1. The summed E-state index contributed by atoms with van der Waals surface area (Å²) in [4.78, 5) is 15.4. The lowest BCUT2D eigenvalue weighted by Gasteiger charge is -2.09. The summed E-state index contributed by atoms with van der Waals surface area (Å²) in [7, 11) is -3.58.